The Balaban J connectivity index is 1.51. The Labute approximate surface area is 143 Å². The number of amides is 1. The summed E-state index contributed by atoms with van der Waals surface area (Å²) in [5.41, 5.74) is 1.15. The average molecular weight is 334 g/mol. The molecule has 132 valence electrons. The quantitative estimate of drug-likeness (QED) is 0.849. The van der Waals surface area contributed by atoms with Gasteiger partial charge in [0.15, 0.2) is 0 Å². The van der Waals surface area contributed by atoms with Crippen LogP contribution < -0.4 is 0 Å². The highest BCUT2D eigenvalue weighted by Crippen LogP contribution is 2.28. The number of morpholine rings is 1. The Morgan fingerprint density at radius 3 is 2.50 bits per heavy atom. The highest BCUT2D eigenvalue weighted by molar-refractivity contribution is 5.81. The van der Waals surface area contributed by atoms with Crippen LogP contribution in [-0.2, 0) is 16.1 Å². The molecule has 0 bridgehead atoms. The third-order valence-electron chi connectivity index (χ3n) is 5.30. The second-order valence-electron chi connectivity index (χ2n) is 6.93. The summed E-state index contributed by atoms with van der Waals surface area (Å²) < 4.78 is 19.0. The lowest BCUT2D eigenvalue weighted by Gasteiger charge is -2.42. The van der Waals surface area contributed by atoms with E-state index >= 15 is 0 Å². The van der Waals surface area contributed by atoms with Gasteiger partial charge >= 0.3 is 0 Å². The third kappa shape index (κ3) is 3.95. The topological polar surface area (TPSA) is 32.8 Å². The molecule has 24 heavy (non-hydrogen) atoms. The van der Waals surface area contributed by atoms with Gasteiger partial charge in [-0.25, -0.2) is 4.39 Å². The van der Waals surface area contributed by atoms with Crippen LogP contribution >= 0.6 is 0 Å². The fraction of sp³-hybridized carbons (Fsp3) is 0.632. The van der Waals surface area contributed by atoms with E-state index in [4.69, 9.17) is 4.74 Å². The van der Waals surface area contributed by atoms with Crippen LogP contribution in [0.15, 0.2) is 24.3 Å². The Bertz CT molecular complexity index is 555. The van der Waals surface area contributed by atoms with Crippen molar-refractivity contribution in [2.45, 2.75) is 45.4 Å². The van der Waals surface area contributed by atoms with Gasteiger partial charge in [0.25, 0.3) is 5.91 Å². The van der Waals surface area contributed by atoms with E-state index in [1.165, 1.54) is 12.1 Å². The van der Waals surface area contributed by atoms with Crippen molar-refractivity contribution in [3.8, 4) is 0 Å². The summed E-state index contributed by atoms with van der Waals surface area (Å²) in [6.45, 7) is 8.29. The number of carbonyl (C=O) groups is 1. The van der Waals surface area contributed by atoms with Crippen molar-refractivity contribution in [1.29, 1.82) is 0 Å². The Morgan fingerprint density at radius 2 is 1.88 bits per heavy atom. The maximum atomic E-state index is 13.0. The average Bonchev–Trinajstić information content (AvgIpc) is 2.60. The van der Waals surface area contributed by atoms with E-state index in [1.54, 1.807) is 0 Å². The van der Waals surface area contributed by atoms with Gasteiger partial charge in [-0.1, -0.05) is 12.1 Å². The Hall–Kier alpha value is -1.46. The molecule has 0 aromatic heterocycles. The number of benzene rings is 1. The molecule has 2 heterocycles. The normalized spacial score (nSPS) is 26.8. The van der Waals surface area contributed by atoms with E-state index in [-0.39, 0.29) is 23.9 Å². The van der Waals surface area contributed by atoms with Gasteiger partial charge in [-0.3, -0.25) is 9.69 Å². The molecule has 4 nitrogen and oxygen atoms in total. The van der Waals surface area contributed by atoms with E-state index in [9.17, 15) is 9.18 Å². The van der Waals surface area contributed by atoms with Crippen LogP contribution in [0.2, 0.25) is 0 Å². The molecule has 1 amide bonds. The predicted octanol–water partition coefficient (Wildman–Crippen LogP) is 2.67. The van der Waals surface area contributed by atoms with E-state index in [0.717, 1.165) is 51.1 Å². The number of ether oxygens (including phenoxy) is 1. The van der Waals surface area contributed by atoms with Gasteiger partial charge in [0, 0.05) is 19.6 Å². The predicted molar refractivity (Wildman–Crippen MR) is 91.0 cm³/mol. The first-order valence-electron chi connectivity index (χ1n) is 8.98. The van der Waals surface area contributed by atoms with Gasteiger partial charge in [-0.2, -0.15) is 0 Å². The molecule has 0 spiro atoms. The summed E-state index contributed by atoms with van der Waals surface area (Å²) in [6, 6.07) is 6.77. The first-order chi connectivity index (χ1) is 11.6. The zero-order valence-electron chi connectivity index (χ0n) is 14.6. The zero-order chi connectivity index (χ0) is 17.1. The smallest absolute Gasteiger partial charge is 0.251 e. The van der Waals surface area contributed by atoms with E-state index in [0.29, 0.717) is 5.92 Å². The number of likely N-dealkylation sites (tertiary alicyclic amines) is 1. The molecule has 0 aliphatic carbocycles. The van der Waals surface area contributed by atoms with Crippen molar-refractivity contribution in [2.24, 2.45) is 5.92 Å². The Kier molecular flexibility index (Phi) is 5.51. The van der Waals surface area contributed by atoms with Crippen LogP contribution in [0.5, 0.6) is 0 Å². The molecule has 0 radical (unpaired) electrons. The minimum absolute atomic E-state index is 0.113. The van der Waals surface area contributed by atoms with Crippen molar-refractivity contribution >= 4 is 5.91 Å². The molecule has 0 unspecified atom stereocenters. The number of likely N-dealkylation sites (N-methyl/N-ethyl adjacent to an activating group) is 1. The van der Waals surface area contributed by atoms with Gasteiger partial charge in [0.2, 0.25) is 0 Å². The lowest BCUT2D eigenvalue weighted by molar-refractivity contribution is -0.166. The van der Waals surface area contributed by atoms with Gasteiger partial charge in [-0.15, -0.1) is 0 Å². The molecule has 2 fully saturated rings. The number of hydrogen-bond acceptors (Lipinski definition) is 3. The Morgan fingerprint density at radius 1 is 1.21 bits per heavy atom. The lowest BCUT2D eigenvalue weighted by Crippen LogP contribution is -2.54. The molecule has 1 aromatic rings. The van der Waals surface area contributed by atoms with Crippen LogP contribution in [0, 0.1) is 11.7 Å². The van der Waals surface area contributed by atoms with Gasteiger partial charge in [0.05, 0.1) is 6.10 Å². The van der Waals surface area contributed by atoms with Gasteiger partial charge in [-0.05, 0) is 63.4 Å². The first-order valence-corrected chi connectivity index (χ1v) is 8.98. The van der Waals surface area contributed by atoms with E-state index in [2.05, 4.69) is 4.90 Å². The number of halogens is 1. The van der Waals surface area contributed by atoms with Crippen LogP contribution in [0.25, 0.3) is 0 Å². The fourth-order valence-electron chi connectivity index (χ4n) is 3.80. The largest absolute Gasteiger partial charge is 0.363 e. The van der Waals surface area contributed by atoms with Crippen molar-refractivity contribution in [1.82, 2.24) is 9.80 Å². The number of nitrogens with zero attached hydrogens (tertiary/aromatic N) is 2. The molecule has 0 N–H and O–H groups in total. The molecule has 1 aromatic carbocycles. The second-order valence-corrected chi connectivity index (χ2v) is 6.93. The molecular weight excluding hydrogens is 307 g/mol. The second kappa shape index (κ2) is 7.62. The summed E-state index contributed by atoms with van der Waals surface area (Å²) in [6.07, 6.45) is 2.01. The molecular formula is C19H27FN2O2. The standard InChI is InChI=1S/C19H27FN2O2/c1-3-22-13-18(24-14(2)19(22)23)16-8-10-21(11-9-16)12-15-4-6-17(20)7-5-15/h4-7,14,16,18H,3,8-13H2,1-2H3/t14-,18+/m1/s1. The van der Waals surface area contributed by atoms with Crippen molar-refractivity contribution in [2.75, 3.05) is 26.2 Å². The third-order valence-corrected chi connectivity index (χ3v) is 5.30. The summed E-state index contributed by atoms with van der Waals surface area (Å²) in [7, 11) is 0. The summed E-state index contributed by atoms with van der Waals surface area (Å²) in [5.74, 6) is 0.442. The summed E-state index contributed by atoms with van der Waals surface area (Å²) in [5, 5.41) is 0. The molecule has 2 atom stereocenters. The maximum absolute atomic E-state index is 13.0. The minimum Gasteiger partial charge on any atom is -0.363 e. The molecule has 3 rings (SSSR count). The minimum atomic E-state index is -0.319. The van der Waals surface area contributed by atoms with E-state index < -0.39 is 0 Å². The van der Waals surface area contributed by atoms with Crippen molar-refractivity contribution in [3.05, 3.63) is 35.6 Å². The highest BCUT2D eigenvalue weighted by Gasteiger charge is 2.36. The SMILES string of the molecule is CCN1C[C@@H](C2CCN(Cc3ccc(F)cc3)CC2)O[C@H](C)C1=O. The van der Waals surface area contributed by atoms with Crippen LogP contribution in [0.3, 0.4) is 0 Å². The summed E-state index contributed by atoms with van der Waals surface area (Å²) >= 11 is 0. The number of piperidine rings is 1. The first kappa shape index (κ1) is 17.4. The molecule has 2 saturated heterocycles. The monoisotopic (exact) mass is 334 g/mol. The molecule has 2 aliphatic rings. The lowest BCUT2D eigenvalue weighted by atomic mass is 9.89. The van der Waals surface area contributed by atoms with Crippen LogP contribution in [-0.4, -0.2) is 54.1 Å². The maximum Gasteiger partial charge on any atom is 0.251 e. The molecule has 5 heteroatoms. The zero-order valence-corrected chi connectivity index (χ0v) is 14.6. The number of carbonyl (C=O) groups excluding carboxylic acids is 1. The van der Waals surface area contributed by atoms with Crippen LogP contribution in [0.4, 0.5) is 4.39 Å². The molecule has 0 saturated carbocycles. The van der Waals surface area contributed by atoms with E-state index in [1.807, 2.05) is 30.9 Å². The van der Waals surface area contributed by atoms with Gasteiger partial charge in [0.1, 0.15) is 11.9 Å². The number of hydrogen-bond donors (Lipinski definition) is 0. The van der Waals surface area contributed by atoms with Crippen LogP contribution in [0.1, 0.15) is 32.3 Å². The highest BCUT2D eigenvalue weighted by atomic mass is 19.1. The fourth-order valence-corrected chi connectivity index (χ4v) is 3.80. The number of rotatable bonds is 4. The van der Waals surface area contributed by atoms with Crippen molar-refractivity contribution < 1.29 is 13.9 Å². The van der Waals surface area contributed by atoms with Crippen molar-refractivity contribution in [3.63, 3.8) is 0 Å². The summed E-state index contributed by atoms with van der Waals surface area (Å²) in [4.78, 5) is 16.4. The van der Waals surface area contributed by atoms with Gasteiger partial charge < -0.3 is 9.64 Å². The molecule has 2 aliphatic heterocycles.